The van der Waals surface area contributed by atoms with Crippen molar-refractivity contribution in [3.63, 3.8) is 0 Å². The van der Waals surface area contributed by atoms with Gasteiger partial charge in [0.15, 0.2) is 11.5 Å². The zero-order chi connectivity index (χ0) is 11.3. The molecule has 0 spiro atoms. The quantitative estimate of drug-likeness (QED) is 0.441. The van der Waals surface area contributed by atoms with E-state index in [-0.39, 0.29) is 11.5 Å². The highest BCUT2D eigenvalue weighted by molar-refractivity contribution is 6.66. The highest BCUT2D eigenvalue weighted by Crippen LogP contribution is 2.20. The number of ketones is 1. The third kappa shape index (κ3) is 3.46. The molecule has 84 valence electrons. The lowest BCUT2D eigenvalue weighted by atomic mass is 9.96. The molecule has 0 atom stereocenters. The van der Waals surface area contributed by atoms with Crippen LogP contribution < -0.4 is 0 Å². The van der Waals surface area contributed by atoms with Crippen LogP contribution >= 0.6 is 0 Å². The minimum Gasteiger partial charge on any atom is -0.410 e. The SMILES string of the molecule is CC(=O)/C(=N\O)C(C)=NC1CCCCC1. The van der Waals surface area contributed by atoms with Crippen molar-refractivity contribution in [2.24, 2.45) is 10.1 Å². The summed E-state index contributed by atoms with van der Waals surface area (Å²) in [6, 6.07) is 0.301. The molecule has 0 aromatic rings. The topological polar surface area (TPSA) is 62.0 Å². The highest BCUT2D eigenvalue weighted by Gasteiger charge is 2.15. The van der Waals surface area contributed by atoms with Gasteiger partial charge in [0.1, 0.15) is 0 Å². The molecule has 1 aliphatic carbocycles. The highest BCUT2D eigenvalue weighted by atomic mass is 16.4. The lowest BCUT2D eigenvalue weighted by molar-refractivity contribution is -0.111. The number of carbonyl (C=O) groups is 1. The summed E-state index contributed by atoms with van der Waals surface area (Å²) < 4.78 is 0. The molecule has 0 unspecified atom stereocenters. The first-order chi connectivity index (χ1) is 7.15. The molecule has 1 aliphatic rings. The van der Waals surface area contributed by atoms with Gasteiger partial charge in [0.25, 0.3) is 0 Å². The Hall–Kier alpha value is -1.19. The molecule has 4 nitrogen and oxygen atoms in total. The van der Waals surface area contributed by atoms with Crippen LogP contribution in [0.2, 0.25) is 0 Å². The number of oxime groups is 1. The van der Waals surface area contributed by atoms with Gasteiger partial charge in [-0.2, -0.15) is 0 Å². The second-order valence-electron chi connectivity index (χ2n) is 4.01. The molecule has 0 aliphatic heterocycles. The van der Waals surface area contributed by atoms with Crippen LogP contribution in [0.15, 0.2) is 10.1 Å². The van der Waals surface area contributed by atoms with E-state index in [1.807, 2.05) is 0 Å². The molecule has 1 N–H and O–H groups in total. The maximum atomic E-state index is 11.1. The first kappa shape index (κ1) is 11.9. The van der Waals surface area contributed by atoms with Gasteiger partial charge in [0, 0.05) is 6.92 Å². The second-order valence-corrected chi connectivity index (χ2v) is 4.01. The van der Waals surface area contributed by atoms with E-state index in [4.69, 9.17) is 5.21 Å². The van der Waals surface area contributed by atoms with Crippen LogP contribution in [-0.4, -0.2) is 28.5 Å². The smallest absolute Gasteiger partial charge is 0.183 e. The van der Waals surface area contributed by atoms with E-state index in [2.05, 4.69) is 10.1 Å². The first-order valence-electron chi connectivity index (χ1n) is 5.43. The van der Waals surface area contributed by atoms with Gasteiger partial charge in [0.2, 0.25) is 0 Å². The molecule has 1 saturated carbocycles. The fourth-order valence-electron chi connectivity index (χ4n) is 1.94. The van der Waals surface area contributed by atoms with Crippen LogP contribution in [-0.2, 0) is 4.79 Å². The minimum atomic E-state index is -0.241. The Balaban J connectivity index is 2.68. The summed E-state index contributed by atoms with van der Waals surface area (Å²) in [6.07, 6.45) is 5.83. The summed E-state index contributed by atoms with van der Waals surface area (Å²) in [4.78, 5) is 15.5. The summed E-state index contributed by atoms with van der Waals surface area (Å²) in [7, 11) is 0. The number of rotatable bonds is 3. The van der Waals surface area contributed by atoms with Gasteiger partial charge < -0.3 is 5.21 Å². The van der Waals surface area contributed by atoms with Crippen molar-refractivity contribution >= 4 is 17.2 Å². The zero-order valence-corrected chi connectivity index (χ0v) is 9.36. The Morgan fingerprint density at radius 3 is 2.27 bits per heavy atom. The summed E-state index contributed by atoms with van der Waals surface area (Å²) in [5.41, 5.74) is 0.637. The standard InChI is InChI=1S/C11H18N2O2/c1-8(11(13-15)9(2)14)12-10-6-4-3-5-7-10/h10,15H,3-7H2,1-2H3/b12-8?,13-11-. The molecule has 15 heavy (non-hydrogen) atoms. The molecule has 0 aromatic carbocycles. The Bertz CT molecular complexity index is 289. The number of nitrogens with zero attached hydrogens (tertiary/aromatic N) is 2. The van der Waals surface area contributed by atoms with Gasteiger partial charge in [-0.25, -0.2) is 0 Å². The van der Waals surface area contributed by atoms with E-state index in [1.165, 1.54) is 26.2 Å². The molecule has 4 heteroatoms. The zero-order valence-electron chi connectivity index (χ0n) is 9.36. The lowest BCUT2D eigenvalue weighted by Gasteiger charge is -2.18. The third-order valence-corrected chi connectivity index (χ3v) is 2.73. The van der Waals surface area contributed by atoms with Gasteiger partial charge in [-0.05, 0) is 19.8 Å². The van der Waals surface area contributed by atoms with Crippen molar-refractivity contribution < 1.29 is 10.0 Å². The first-order valence-corrected chi connectivity index (χ1v) is 5.43. The monoisotopic (exact) mass is 210 g/mol. The summed E-state index contributed by atoms with van der Waals surface area (Å²) in [6.45, 7) is 3.11. The van der Waals surface area contributed by atoms with Crippen LogP contribution in [0.5, 0.6) is 0 Å². The predicted octanol–water partition coefficient (Wildman–Crippen LogP) is 2.20. The van der Waals surface area contributed by atoms with E-state index in [1.54, 1.807) is 6.92 Å². The number of aliphatic imine (C=N–C) groups is 1. The number of hydrogen-bond donors (Lipinski definition) is 1. The van der Waals surface area contributed by atoms with Crippen molar-refractivity contribution in [2.45, 2.75) is 52.0 Å². The fourth-order valence-corrected chi connectivity index (χ4v) is 1.94. The summed E-state index contributed by atoms with van der Waals surface area (Å²) in [5.74, 6) is -0.241. The lowest BCUT2D eigenvalue weighted by Crippen LogP contribution is -2.22. The summed E-state index contributed by atoms with van der Waals surface area (Å²) in [5, 5.41) is 11.7. The molecule has 1 rings (SSSR count). The second kappa shape index (κ2) is 5.63. The molecular formula is C11H18N2O2. The minimum absolute atomic E-state index is 0.0839. The molecule has 0 bridgehead atoms. The normalized spacial score (nSPS) is 20.4. The van der Waals surface area contributed by atoms with E-state index in [0.717, 1.165) is 12.8 Å². The van der Waals surface area contributed by atoms with Crippen molar-refractivity contribution in [1.82, 2.24) is 0 Å². The average Bonchev–Trinajstić information content (AvgIpc) is 2.19. The van der Waals surface area contributed by atoms with E-state index in [9.17, 15) is 4.79 Å². The van der Waals surface area contributed by atoms with E-state index >= 15 is 0 Å². The van der Waals surface area contributed by atoms with Crippen LogP contribution in [0.25, 0.3) is 0 Å². The maximum absolute atomic E-state index is 11.1. The molecule has 0 saturated heterocycles. The van der Waals surface area contributed by atoms with E-state index in [0.29, 0.717) is 11.8 Å². The van der Waals surface area contributed by atoms with Gasteiger partial charge >= 0.3 is 0 Å². The molecule has 0 heterocycles. The maximum Gasteiger partial charge on any atom is 0.183 e. The van der Waals surface area contributed by atoms with Crippen LogP contribution in [0.4, 0.5) is 0 Å². The predicted molar refractivity (Wildman–Crippen MR) is 59.9 cm³/mol. The Kier molecular flexibility index (Phi) is 4.46. The molecule has 1 fully saturated rings. The molecule has 0 amide bonds. The number of hydrogen-bond acceptors (Lipinski definition) is 4. The fraction of sp³-hybridized carbons (Fsp3) is 0.727. The van der Waals surface area contributed by atoms with Crippen LogP contribution in [0.1, 0.15) is 46.0 Å². The van der Waals surface area contributed by atoms with Gasteiger partial charge in [-0.15, -0.1) is 0 Å². The van der Waals surface area contributed by atoms with Crippen molar-refractivity contribution in [1.29, 1.82) is 0 Å². The van der Waals surface area contributed by atoms with Crippen molar-refractivity contribution in [3.05, 3.63) is 0 Å². The Morgan fingerprint density at radius 1 is 1.20 bits per heavy atom. The Labute approximate surface area is 90.1 Å². The van der Waals surface area contributed by atoms with E-state index < -0.39 is 0 Å². The number of Topliss-reactive ketones (excluding diaryl/α,β-unsaturated/α-hetero) is 1. The van der Waals surface area contributed by atoms with Gasteiger partial charge in [-0.1, -0.05) is 24.4 Å². The molecule has 0 radical (unpaired) electrons. The van der Waals surface area contributed by atoms with Crippen LogP contribution in [0.3, 0.4) is 0 Å². The van der Waals surface area contributed by atoms with Gasteiger partial charge in [-0.3, -0.25) is 9.79 Å². The Morgan fingerprint density at radius 2 is 1.80 bits per heavy atom. The largest absolute Gasteiger partial charge is 0.410 e. The van der Waals surface area contributed by atoms with Crippen molar-refractivity contribution in [2.75, 3.05) is 0 Å². The van der Waals surface area contributed by atoms with Crippen molar-refractivity contribution in [3.8, 4) is 0 Å². The average molecular weight is 210 g/mol. The molecule has 0 aromatic heterocycles. The molecular weight excluding hydrogens is 192 g/mol. The number of carbonyl (C=O) groups excluding carboxylic acids is 1. The third-order valence-electron chi connectivity index (χ3n) is 2.73. The summed E-state index contributed by atoms with van der Waals surface area (Å²) >= 11 is 0. The van der Waals surface area contributed by atoms with Crippen LogP contribution in [0, 0.1) is 0 Å². The van der Waals surface area contributed by atoms with Gasteiger partial charge in [0.05, 0.1) is 11.8 Å².